The Labute approximate surface area is 154 Å². The van der Waals surface area contributed by atoms with Gasteiger partial charge in [0.15, 0.2) is 0 Å². The van der Waals surface area contributed by atoms with E-state index in [4.69, 9.17) is 9.47 Å². The van der Waals surface area contributed by atoms with Crippen LogP contribution in [0.15, 0.2) is 0 Å². The van der Waals surface area contributed by atoms with Crippen LogP contribution in [0.3, 0.4) is 0 Å². The van der Waals surface area contributed by atoms with Gasteiger partial charge in [-0.25, -0.2) is 0 Å². The lowest BCUT2D eigenvalue weighted by Crippen LogP contribution is -2.36. The molecule has 25 heavy (non-hydrogen) atoms. The second-order valence-corrected chi connectivity index (χ2v) is 7.63. The summed E-state index contributed by atoms with van der Waals surface area (Å²) in [5.41, 5.74) is 0. The first-order chi connectivity index (χ1) is 12.1. The minimum absolute atomic E-state index is 0.136. The van der Waals surface area contributed by atoms with Crippen molar-refractivity contribution in [3.8, 4) is 0 Å². The van der Waals surface area contributed by atoms with Crippen LogP contribution in [0.2, 0.25) is 0 Å². The van der Waals surface area contributed by atoms with E-state index >= 15 is 0 Å². The summed E-state index contributed by atoms with van der Waals surface area (Å²) in [5, 5.41) is 0. The standard InChI is InChI=1S/C21H38O4/c1-4-5-6-7-8-9-10-13-16-24-20(22)18-14-11-12-15-19(18)21(23)25-17(2)3/h17-19H,4-16H2,1-3H3. The Kier molecular flexibility index (Phi) is 11.6. The molecular weight excluding hydrogens is 316 g/mol. The molecule has 2 atom stereocenters. The van der Waals surface area contributed by atoms with Crippen molar-refractivity contribution in [1.82, 2.24) is 0 Å². The van der Waals surface area contributed by atoms with Crippen LogP contribution in [-0.2, 0) is 19.1 Å². The van der Waals surface area contributed by atoms with Crippen LogP contribution in [0.25, 0.3) is 0 Å². The normalized spacial score (nSPS) is 20.5. The highest BCUT2D eigenvalue weighted by molar-refractivity contribution is 5.82. The predicted octanol–water partition coefficient (Wildman–Crippen LogP) is 5.43. The molecule has 4 nitrogen and oxygen atoms in total. The summed E-state index contributed by atoms with van der Waals surface area (Å²) in [6.07, 6.45) is 13.1. The van der Waals surface area contributed by atoms with Crippen LogP contribution in [0, 0.1) is 11.8 Å². The Morgan fingerprint density at radius 1 is 0.840 bits per heavy atom. The molecule has 1 rings (SSSR count). The van der Waals surface area contributed by atoms with E-state index < -0.39 is 0 Å². The lowest BCUT2D eigenvalue weighted by molar-refractivity contribution is -0.165. The zero-order valence-corrected chi connectivity index (χ0v) is 16.6. The molecule has 2 unspecified atom stereocenters. The van der Waals surface area contributed by atoms with Gasteiger partial charge in [-0.1, -0.05) is 64.7 Å². The number of unbranched alkanes of at least 4 members (excludes halogenated alkanes) is 7. The van der Waals surface area contributed by atoms with Crippen LogP contribution in [0.4, 0.5) is 0 Å². The fourth-order valence-corrected chi connectivity index (χ4v) is 3.53. The highest BCUT2D eigenvalue weighted by Crippen LogP contribution is 2.32. The van der Waals surface area contributed by atoms with Gasteiger partial charge in [0.05, 0.1) is 24.5 Å². The van der Waals surface area contributed by atoms with Gasteiger partial charge in [-0.3, -0.25) is 9.59 Å². The summed E-state index contributed by atoms with van der Waals surface area (Å²) in [6, 6.07) is 0. The summed E-state index contributed by atoms with van der Waals surface area (Å²) in [7, 11) is 0. The van der Waals surface area contributed by atoms with Gasteiger partial charge in [0.1, 0.15) is 0 Å². The monoisotopic (exact) mass is 354 g/mol. The number of hydrogen-bond acceptors (Lipinski definition) is 4. The zero-order chi connectivity index (χ0) is 18.5. The molecule has 0 aromatic rings. The van der Waals surface area contributed by atoms with Crippen LogP contribution in [0.1, 0.15) is 97.8 Å². The molecule has 0 aromatic heterocycles. The molecule has 0 radical (unpaired) electrons. The number of carbonyl (C=O) groups excluding carboxylic acids is 2. The van der Waals surface area contributed by atoms with Gasteiger partial charge in [0.25, 0.3) is 0 Å². The fourth-order valence-electron chi connectivity index (χ4n) is 3.53. The third-order valence-corrected chi connectivity index (χ3v) is 4.97. The first-order valence-electron chi connectivity index (χ1n) is 10.4. The third-order valence-electron chi connectivity index (χ3n) is 4.97. The van der Waals surface area contributed by atoms with E-state index in [0.29, 0.717) is 6.61 Å². The van der Waals surface area contributed by atoms with Gasteiger partial charge >= 0.3 is 11.9 Å². The summed E-state index contributed by atoms with van der Waals surface area (Å²) in [6.45, 7) is 6.40. The van der Waals surface area contributed by atoms with Crippen molar-refractivity contribution in [2.75, 3.05) is 6.61 Å². The van der Waals surface area contributed by atoms with Crippen molar-refractivity contribution < 1.29 is 19.1 Å². The number of hydrogen-bond donors (Lipinski definition) is 0. The minimum atomic E-state index is -0.317. The van der Waals surface area contributed by atoms with E-state index in [1.807, 2.05) is 13.8 Å². The average Bonchev–Trinajstić information content (AvgIpc) is 2.59. The maximum atomic E-state index is 12.4. The Hall–Kier alpha value is -1.06. The maximum Gasteiger partial charge on any atom is 0.310 e. The van der Waals surface area contributed by atoms with E-state index in [-0.39, 0.29) is 29.9 Å². The molecule has 4 heteroatoms. The minimum Gasteiger partial charge on any atom is -0.465 e. The number of ether oxygens (including phenoxy) is 2. The number of rotatable bonds is 12. The van der Waals surface area contributed by atoms with Gasteiger partial charge in [-0.05, 0) is 33.1 Å². The first kappa shape index (κ1) is 22.0. The smallest absolute Gasteiger partial charge is 0.310 e. The third kappa shape index (κ3) is 9.27. The van der Waals surface area contributed by atoms with Gasteiger partial charge < -0.3 is 9.47 Å². The second-order valence-electron chi connectivity index (χ2n) is 7.63. The highest BCUT2D eigenvalue weighted by atomic mass is 16.5. The fraction of sp³-hybridized carbons (Fsp3) is 0.905. The molecule has 1 aliphatic carbocycles. The van der Waals surface area contributed by atoms with Gasteiger partial charge in [0.2, 0.25) is 0 Å². The Balaban J connectivity index is 2.22. The van der Waals surface area contributed by atoms with Crippen molar-refractivity contribution in [2.24, 2.45) is 11.8 Å². The van der Waals surface area contributed by atoms with Crippen molar-refractivity contribution in [2.45, 2.75) is 104 Å². The average molecular weight is 355 g/mol. The van der Waals surface area contributed by atoms with Gasteiger partial charge in [0, 0.05) is 0 Å². The topological polar surface area (TPSA) is 52.6 Å². The van der Waals surface area contributed by atoms with Crippen molar-refractivity contribution in [3.63, 3.8) is 0 Å². The molecule has 1 saturated carbocycles. The predicted molar refractivity (Wildman–Crippen MR) is 100 cm³/mol. The molecule has 0 N–H and O–H groups in total. The van der Waals surface area contributed by atoms with Gasteiger partial charge in [-0.15, -0.1) is 0 Å². The molecule has 0 heterocycles. The van der Waals surface area contributed by atoms with E-state index in [9.17, 15) is 9.59 Å². The molecule has 0 saturated heterocycles. The summed E-state index contributed by atoms with van der Waals surface area (Å²) in [5.74, 6) is -1.06. The molecule has 0 aliphatic heterocycles. The van der Waals surface area contributed by atoms with E-state index in [1.54, 1.807) is 0 Å². The lowest BCUT2D eigenvalue weighted by Gasteiger charge is -2.28. The molecule has 1 aliphatic rings. The van der Waals surface area contributed by atoms with E-state index in [1.165, 1.54) is 38.5 Å². The highest BCUT2D eigenvalue weighted by Gasteiger charge is 2.38. The molecule has 0 amide bonds. The molecule has 0 spiro atoms. The van der Waals surface area contributed by atoms with Crippen molar-refractivity contribution in [1.29, 1.82) is 0 Å². The van der Waals surface area contributed by atoms with Crippen molar-refractivity contribution in [3.05, 3.63) is 0 Å². The zero-order valence-electron chi connectivity index (χ0n) is 16.6. The Morgan fingerprint density at radius 2 is 1.36 bits per heavy atom. The molecule has 1 fully saturated rings. The SMILES string of the molecule is CCCCCCCCCCOC(=O)C1CCCCC1C(=O)OC(C)C. The maximum absolute atomic E-state index is 12.4. The summed E-state index contributed by atoms with van der Waals surface area (Å²) in [4.78, 5) is 24.6. The second kappa shape index (κ2) is 13.2. The van der Waals surface area contributed by atoms with Crippen LogP contribution >= 0.6 is 0 Å². The molecule has 0 bridgehead atoms. The number of esters is 2. The Bertz CT molecular complexity index is 378. The number of carbonyl (C=O) groups is 2. The molecule has 146 valence electrons. The van der Waals surface area contributed by atoms with Crippen LogP contribution < -0.4 is 0 Å². The van der Waals surface area contributed by atoms with Gasteiger partial charge in [-0.2, -0.15) is 0 Å². The van der Waals surface area contributed by atoms with Crippen LogP contribution in [0.5, 0.6) is 0 Å². The van der Waals surface area contributed by atoms with Crippen molar-refractivity contribution >= 4 is 11.9 Å². The Morgan fingerprint density at radius 3 is 1.92 bits per heavy atom. The largest absolute Gasteiger partial charge is 0.465 e. The van der Waals surface area contributed by atoms with Crippen LogP contribution in [-0.4, -0.2) is 24.6 Å². The molecular formula is C21H38O4. The quantitative estimate of drug-likeness (QED) is 0.346. The first-order valence-corrected chi connectivity index (χ1v) is 10.4. The summed E-state index contributed by atoms with van der Waals surface area (Å²) >= 11 is 0. The molecule has 0 aromatic carbocycles. The lowest BCUT2D eigenvalue weighted by atomic mass is 9.79. The summed E-state index contributed by atoms with van der Waals surface area (Å²) < 4.78 is 10.8. The van der Waals surface area contributed by atoms with E-state index in [0.717, 1.165) is 38.5 Å². The van der Waals surface area contributed by atoms with E-state index in [2.05, 4.69) is 6.92 Å².